The van der Waals surface area contributed by atoms with Gasteiger partial charge in [-0.25, -0.2) is 9.59 Å². The Labute approximate surface area is 178 Å². The predicted octanol–water partition coefficient (Wildman–Crippen LogP) is 2.42. The molecule has 7 heteroatoms. The molecule has 1 aromatic carbocycles. The van der Waals surface area contributed by atoms with E-state index in [1.807, 2.05) is 30.3 Å². The number of likely N-dealkylation sites (tertiary alicyclic amines) is 2. The van der Waals surface area contributed by atoms with E-state index in [4.69, 9.17) is 4.74 Å². The number of hydrogen-bond donors (Lipinski definition) is 2. The third-order valence-corrected chi connectivity index (χ3v) is 6.31. The van der Waals surface area contributed by atoms with Crippen LogP contribution in [0.4, 0.5) is 4.79 Å². The Morgan fingerprint density at radius 3 is 2.63 bits per heavy atom. The molecule has 2 fully saturated rings. The van der Waals surface area contributed by atoms with E-state index in [1.165, 1.54) is 25.9 Å². The molecule has 0 aromatic heterocycles. The highest BCUT2D eigenvalue weighted by molar-refractivity contribution is 5.95. The van der Waals surface area contributed by atoms with Gasteiger partial charge in [-0.1, -0.05) is 30.3 Å². The SMILES string of the molecule is CCOC(=O)C1=C(CN2CCCC2CN2CCCC2)NC(=O)NC1c1ccccc1. The van der Waals surface area contributed by atoms with Crippen molar-refractivity contribution < 1.29 is 14.3 Å². The molecule has 2 N–H and O–H groups in total. The molecule has 3 aliphatic heterocycles. The number of nitrogens with zero attached hydrogens (tertiary/aromatic N) is 2. The van der Waals surface area contributed by atoms with E-state index in [0.717, 1.165) is 31.5 Å². The Balaban J connectivity index is 1.60. The molecule has 7 nitrogen and oxygen atoms in total. The molecule has 2 atom stereocenters. The van der Waals surface area contributed by atoms with E-state index in [-0.39, 0.29) is 12.0 Å². The number of ether oxygens (including phenoxy) is 1. The molecule has 0 bridgehead atoms. The lowest BCUT2D eigenvalue weighted by Gasteiger charge is -2.33. The van der Waals surface area contributed by atoms with Gasteiger partial charge >= 0.3 is 12.0 Å². The Morgan fingerprint density at radius 2 is 1.90 bits per heavy atom. The number of nitrogens with one attached hydrogen (secondary N) is 2. The molecule has 1 aromatic rings. The third-order valence-electron chi connectivity index (χ3n) is 6.31. The second-order valence-electron chi connectivity index (χ2n) is 8.33. The average molecular weight is 413 g/mol. The molecule has 3 heterocycles. The normalized spacial score (nSPS) is 25.3. The van der Waals surface area contributed by atoms with Crippen LogP contribution in [-0.2, 0) is 9.53 Å². The lowest BCUT2D eigenvalue weighted by Crippen LogP contribution is -2.49. The van der Waals surface area contributed by atoms with Crippen LogP contribution in [0.3, 0.4) is 0 Å². The monoisotopic (exact) mass is 412 g/mol. The van der Waals surface area contributed by atoms with Crippen molar-refractivity contribution in [3.05, 3.63) is 47.2 Å². The highest BCUT2D eigenvalue weighted by Crippen LogP contribution is 2.29. The van der Waals surface area contributed by atoms with Crippen LogP contribution in [0.2, 0.25) is 0 Å². The van der Waals surface area contributed by atoms with Crippen LogP contribution in [0.5, 0.6) is 0 Å². The number of carbonyl (C=O) groups excluding carboxylic acids is 2. The summed E-state index contributed by atoms with van der Waals surface area (Å²) in [4.78, 5) is 30.4. The number of rotatable bonds is 7. The second kappa shape index (κ2) is 9.62. The van der Waals surface area contributed by atoms with Crippen molar-refractivity contribution in [1.29, 1.82) is 0 Å². The molecule has 162 valence electrons. The number of carbonyl (C=O) groups is 2. The Morgan fingerprint density at radius 1 is 1.13 bits per heavy atom. The van der Waals surface area contributed by atoms with Crippen LogP contribution < -0.4 is 10.6 Å². The fraction of sp³-hybridized carbons (Fsp3) is 0.565. The van der Waals surface area contributed by atoms with Gasteiger partial charge < -0.3 is 20.3 Å². The number of esters is 1. The first-order chi connectivity index (χ1) is 14.7. The van der Waals surface area contributed by atoms with Gasteiger partial charge in [0.05, 0.1) is 18.2 Å². The van der Waals surface area contributed by atoms with Crippen molar-refractivity contribution in [2.45, 2.75) is 44.7 Å². The summed E-state index contributed by atoms with van der Waals surface area (Å²) in [6.07, 6.45) is 4.87. The van der Waals surface area contributed by atoms with Gasteiger partial charge in [-0.05, 0) is 57.8 Å². The first-order valence-corrected chi connectivity index (χ1v) is 11.1. The summed E-state index contributed by atoms with van der Waals surface area (Å²) in [6, 6.07) is 9.29. The van der Waals surface area contributed by atoms with Gasteiger partial charge in [0.2, 0.25) is 0 Å². The number of urea groups is 1. The molecular weight excluding hydrogens is 380 g/mol. The van der Waals surface area contributed by atoms with Crippen molar-refractivity contribution in [2.75, 3.05) is 39.3 Å². The molecule has 4 rings (SSSR count). The fourth-order valence-corrected chi connectivity index (χ4v) is 4.86. The topological polar surface area (TPSA) is 73.9 Å². The Kier molecular flexibility index (Phi) is 6.69. The quantitative estimate of drug-likeness (QED) is 0.673. The molecular formula is C23H32N4O3. The van der Waals surface area contributed by atoms with Gasteiger partial charge in [0.15, 0.2) is 0 Å². The first-order valence-electron chi connectivity index (χ1n) is 11.1. The molecule has 2 unspecified atom stereocenters. The first kappa shape index (κ1) is 20.9. The Bertz CT molecular complexity index is 789. The van der Waals surface area contributed by atoms with Gasteiger partial charge in [-0.2, -0.15) is 0 Å². The zero-order valence-electron chi connectivity index (χ0n) is 17.7. The van der Waals surface area contributed by atoms with Crippen LogP contribution in [-0.4, -0.2) is 67.2 Å². The van der Waals surface area contributed by atoms with E-state index in [1.54, 1.807) is 6.92 Å². The molecule has 0 radical (unpaired) electrons. The smallest absolute Gasteiger partial charge is 0.338 e. The minimum absolute atomic E-state index is 0.276. The maximum absolute atomic E-state index is 12.9. The summed E-state index contributed by atoms with van der Waals surface area (Å²) in [5.41, 5.74) is 2.05. The minimum Gasteiger partial charge on any atom is -0.463 e. The lowest BCUT2D eigenvalue weighted by molar-refractivity contribution is -0.139. The molecule has 2 saturated heterocycles. The third kappa shape index (κ3) is 4.68. The van der Waals surface area contributed by atoms with Crippen LogP contribution >= 0.6 is 0 Å². The molecule has 0 spiro atoms. The zero-order valence-corrected chi connectivity index (χ0v) is 17.7. The van der Waals surface area contributed by atoms with Gasteiger partial charge in [-0.15, -0.1) is 0 Å². The van der Waals surface area contributed by atoms with Gasteiger partial charge in [0.25, 0.3) is 0 Å². The standard InChI is InChI=1S/C23H32N4O3/c1-2-30-22(28)20-19(24-23(29)25-21(20)17-9-4-3-5-10-17)16-27-14-8-11-18(27)15-26-12-6-7-13-26/h3-5,9-10,18,21H,2,6-8,11-16H2,1H3,(H2,24,25,29). The van der Waals surface area contributed by atoms with Crippen LogP contribution in [0, 0.1) is 0 Å². The Hall–Kier alpha value is -2.38. The largest absolute Gasteiger partial charge is 0.463 e. The summed E-state index contributed by atoms with van der Waals surface area (Å²) in [5.74, 6) is -0.371. The molecule has 0 aliphatic carbocycles. The van der Waals surface area contributed by atoms with Crippen molar-refractivity contribution in [2.24, 2.45) is 0 Å². The highest BCUT2D eigenvalue weighted by Gasteiger charge is 2.36. The number of amides is 2. The van der Waals surface area contributed by atoms with E-state index in [0.29, 0.717) is 30.5 Å². The van der Waals surface area contributed by atoms with Crippen molar-refractivity contribution in [1.82, 2.24) is 20.4 Å². The van der Waals surface area contributed by atoms with Crippen molar-refractivity contribution >= 4 is 12.0 Å². The summed E-state index contributed by atoms with van der Waals surface area (Å²) >= 11 is 0. The minimum atomic E-state index is -0.506. The summed E-state index contributed by atoms with van der Waals surface area (Å²) in [5, 5.41) is 5.83. The van der Waals surface area contributed by atoms with Crippen LogP contribution in [0.15, 0.2) is 41.6 Å². The van der Waals surface area contributed by atoms with Crippen molar-refractivity contribution in [3.8, 4) is 0 Å². The zero-order chi connectivity index (χ0) is 20.9. The van der Waals surface area contributed by atoms with Gasteiger partial charge in [0, 0.05) is 24.8 Å². The van der Waals surface area contributed by atoms with Crippen molar-refractivity contribution in [3.63, 3.8) is 0 Å². The average Bonchev–Trinajstić information content (AvgIpc) is 3.41. The van der Waals surface area contributed by atoms with E-state index in [2.05, 4.69) is 20.4 Å². The van der Waals surface area contributed by atoms with E-state index < -0.39 is 6.04 Å². The maximum atomic E-state index is 12.9. The molecule has 0 saturated carbocycles. The summed E-state index contributed by atoms with van der Waals surface area (Å²) in [7, 11) is 0. The predicted molar refractivity (Wildman–Crippen MR) is 115 cm³/mol. The molecule has 30 heavy (non-hydrogen) atoms. The van der Waals surface area contributed by atoms with E-state index in [9.17, 15) is 9.59 Å². The lowest BCUT2D eigenvalue weighted by atomic mass is 9.95. The number of hydrogen-bond acceptors (Lipinski definition) is 5. The molecule has 3 aliphatic rings. The van der Waals surface area contributed by atoms with E-state index >= 15 is 0 Å². The maximum Gasteiger partial charge on any atom is 0.338 e. The van der Waals surface area contributed by atoms with Crippen LogP contribution in [0.25, 0.3) is 0 Å². The fourth-order valence-electron chi connectivity index (χ4n) is 4.86. The van der Waals surface area contributed by atoms with Gasteiger partial charge in [0.1, 0.15) is 0 Å². The summed E-state index contributed by atoms with van der Waals surface area (Å²) in [6.45, 7) is 7.07. The summed E-state index contributed by atoms with van der Waals surface area (Å²) < 4.78 is 5.38. The van der Waals surface area contributed by atoms with Gasteiger partial charge in [-0.3, -0.25) is 4.90 Å². The molecule has 2 amide bonds. The second-order valence-corrected chi connectivity index (χ2v) is 8.33. The van der Waals surface area contributed by atoms with Crippen LogP contribution in [0.1, 0.15) is 44.2 Å². The highest BCUT2D eigenvalue weighted by atomic mass is 16.5. The number of benzene rings is 1.